The molecule has 2 amide bonds. The zero-order chi connectivity index (χ0) is 21.4. The summed E-state index contributed by atoms with van der Waals surface area (Å²) in [5.74, 6) is -1.04. The number of esters is 1. The molecule has 29 heavy (non-hydrogen) atoms. The summed E-state index contributed by atoms with van der Waals surface area (Å²) in [5, 5.41) is 0. The molecule has 2 aromatic carbocycles. The monoisotopic (exact) mass is 396 g/mol. The molecule has 0 aliphatic heterocycles. The Morgan fingerprint density at radius 1 is 0.966 bits per heavy atom. The lowest BCUT2D eigenvalue weighted by molar-refractivity contribution is -0.133. The second kappa shape index (κ2) is 10.4. The standard InChI is InChI=1S/C23H28N2O4/c1-5-29-23(28)20-13-9-10-14-21(20)25(18(4)26)16-22(27)24(17(2)3)15-19-11-7-6-8-12-19/h6-14,17H,5,15-16H2,1-4H3. The molecule has 0 saturated heterocycles. The van der Waals surface area contributed by atoms with Crippen molar-refractivity contribution in [2.45, 2.75) is 40.3 Å². The average Bonchev–Trinajstić information content (AvgIpc) is 2.70. The smallest absolute Gasteiger partial charge is 0.340 e. The van der Waals surface area contributed by atoms with Crippen molar-refractivity contribution in [2.75, 3.05) is 18.1 Å². The molecule has 0 unspecified atom stereocenters. The van der Waals surface area contributed by atoms with Crippen molar-refractivity contribution >= 4 is 23.5 Å². The number of amides is 2. The first-order valence-corrected chi connectivity index (χ1v) is 9.72. The fraction of sp³-hybridized carbons (Fsp3) is 0.348. The van der Waals surface area contributed by atoms with Crippen LogP contribution in [0.5, 0.6) is 0 Å². The summed E-state index contributed by atoms with van der Waals surface area (Å²) in [6.07, 6.45) is 0. The predicted octanol–water partition coefficient (Wildman–Crippen LogP) is 3.65. The highest BCUT2D eigenvalue weighted by Crippen LogP contribution is 2.22. The Bertz CT molecular complexity index is 849. The van der Waals surface area contributed by atoms with Gasteiger partial charge in [0.25, 0.3) is 0 Å². The number of ether oxygens (including phenoxy) is 1. The SMILES string of the molecule is CCOC(=O)c1ccccc1N(CC(=O)N(Cc1ccccc1)C(C)C)C(C)=O. The first-order valence-electron chi connectivity index (χ1n) is 9.72. The van der Waals surface area contributed by atoms with Gasteiger partial charge >= 0.3 is 5.97 Å². The summed E-state index contributed by atoms with van der Waals surface area (Å²) in [4.78, 5) is 40.8. The quantitative estimate of drug-likeness (QED) is 0.639. The molecule has 2 rings (SSSR count). The second-order valence-corrected chi connectivity index (χ2v) is 6.94. The maximum absolute atomic E-state index is 13.1. The minimum absolute atomic E-state index is 0.0446. The summed E-state index contributed by atoms with van der Waals surface area (Å²) >= 11 is 0. The molecule has 6 heteroatoms. The zero-order valence-electron chi connectivity index (χ0n) is 17.4. The van der Waals surface area contributed by atoms with Gasteiger partial charge < -0.3 is 14.5 Å². The molecule has 0 aromatic heterocycles. The van der Waals surface area contributed by atoms with Crippen molar-refractivity contribution in [1.82, 2.24) is 4.90 Å². The summed E-state index contributed by atoms with van der Waals surface area (Å²) in [7, 11) is 0. The fourth-order valence-electron chi connectivity index (χ4n) is 3.02. The Kier molecular flexibility index (Phi) is 7.95. The van der Waals surface area contributed by atoms with Crippen LogP contribution in [0.1, 0.15) is 43.6 Å². The molecule has 0 aliphatic rings. The van der Waals surface area contributed by atoms with E-state index in [0.717, 1.165) is 5.56 Å². The van der Waals surface area contributed by atoms with Crippen LogP contribution < -0.4 is 4.90 Å². The van der Waals surface area contributed by atoms with Crippen LogP contribution in [-0.2, 0) is 20.9 Å². The van der Waals surface area contributed by atoms with Gasteiger partial charge in [0.15, 0.2) is 0 Å². The molecule has 0 N–H and O–H groups in total. The molecule has 0 aliphatic carbocycles. The number of anilines is 1. The van der Waals surface area contributed by atoms with E-state index in [9.17, 15) is 14.4 Å². The largest absolute Gasteiger partial charge is 0.462 e. The molecule has 0 bridgehead atoms. The van der Waals surface area contributed by atoms with Crippen molar-refractivity contribution in [3.05, 3.63) is 65.7 Å². The minimum atomic E-state index is -0.521. The third-order valence-electron chi connectivity index (χ3n) is 4.50. The van der Waals surface area contributed by atoms with E-state index in [1.165, 1.54) is 11.8 Å². The Morgan fingerprint density at radius 3 is 2.17 bits per heavy atom. The number of nitrogens with zero attached hydrogens (tertiary/aromatic N) is 2. The molecular formula is C23H28N2O4. The molecule has 0 fully saturated rings. The molecule has 0 heterocycles. The Morgan fingerprint density at radius 2 is 1.59 bits per heavy atom. The van der Waals surface area contributed by atoms with E-state index in [1.54, 1.807) is 36.1 Å². The number of benzene rings is 2. The molecule has 0 spiro atoms. The van der Waals surface area contributed by atoms with Crippen molar-refractivity contribution in [1.29, 1.82) is 0 Å². The van der Waals surface area contributed by atoms with Gasteiger partial charge in [-0.15, -0.1) is 0 Å². The van der Waals surface area contributed by atoms with E-state index in [4.69, 9.17) is 4.74 Å². The van der Waals surface area contributed by atoms with E-state index in [-0.39, 0.29) is 36.6 Å². The Balaban J connectivity index is 2.29. The van der Waals surface area contributed by atoms with Gasteiger partial charge in [-0.1, -0.05) is 42.5 Å². The summed E-state index contributed by atoms with van der Waals surface area (Å²) in [6.45, 7) is 7.49. The van der Waals surface area contributed by atoms with Crippen LogP contribution in [0.4, 0.5) is 5.69 Å². The number of para-hydroxylation sites is 1. The molecule has 0 saturated carbocycles. The maximum Gasteiger partial charge on any atom is 0.340 e. The van der Waals surface area contributed by atoms with Gasteiger partial charge in [-0.3, -0.25) is 9.59 Å². The third-order valence-corrected chi connectivity index (χ3v) is 4.50. The first-order chi connectivity index (χ1) is 13.8. The van der Waals surface area contributed by atoms with Crippen molar-refractivity contribution in [3.63, 3.8) is 0 Å². The van der Waals surface area contributed by atoms with Crippen LogP contribution in [-0.4, -0.2) is 41.9 Å². The first kappa shape index (κ1) is 22.1. The van der Waals surface area contributed by atoms with E-state index in [1.807, 2.05) is 44.2 Å². The molecule has 6 nitrogen and oxygen atoms in total. The van der Waals surface area contributed by atoms with E-state index in [0.29, 0.717) is 12.2 Å². The average molecular weight is 396 g/mol. The highest BCUT2D eigenvalue weighted by atomic mass is 16.5. The van der Waals surface area contributed by atoms with Gasteiger partial charge in [0.05, 0.1) is 17.9 Å². The van der Waals surface area contributed by atoms with Crippen molar-refractivity contribution in [2.24, 2.45) is 0 Å². The zero-order valence-corrected chi connectivity index (χ0v) is 17.4. The number of hydrogen-bond donors (Lipinski definition) is 0. The van der Waals surface area contributed by atoms with Crippen molar-refractivity contribution < 1.29 is 19.1 Å². The van der Waals surface area contributed by atoms with Gasteiger partial charge in [0, 0.05) is 19.5 Å². The third kappa shape index (κ3) is 5.91. The molecule has 0 atom stereocenters. The topological polar surface area (TPSA) is 66.9 Å². The second-order valence-electron chi connectivity index (χ2n) is 6.94. The lowest BCUT2D eigenvalue weighted by Crippen LogP contribution is -2.45. The summed E-state index contributed by atoms with van der Waals surface area (Å²) in [5.41, 5.74) is 1.64. The van der Waals surface area contributed by atoms with Gasteiger partial charge in [-0.2, -0.15) is 0 Å². The number of hydrogen-bond acceptors (Lipinski definition) is 4. The maximum atomic E-state index is 13.1. The van der Waals surface area contributed by atoms with Crippen molar-refractivity contribution in [3.8, 4) is 0 Å². The molecule has 154 valence electrons. The predicted molar refractivity (Wildman–Crippen MR) is 113 cm³/mol. The summed E-state index contributed by atoms with van der Waals surface area (Å²) in [6, 6.07) is 16.3. The van der Waals surface area contributed by atoms with Crippen LogP contribution >= 0.6 is 0 Å². The van der Waals surface area contributed by atoms with Gasteiger partial charge in [0.2, 0.25) is 11.8 Å². The van der Waals surface area contributed by atoms with Gasteiger partial charge in [0.1, 0.15) is 6.54 Å². The Labute approximate surface area is 172 Å². The van der Waals surface area contributed by atoms with E-state index >= 15 is 0 Å². The van der Waals surface area contributed by atoms with Crippen LogP contribution in [0.3, 0.4) is 0 Å². The van der Waals surface area contributed by atoms with E-state index < -0.39 is 5.97 Å². The normalized spacial score (nSPS) is 10.5. The summed E-state index contributed by atoms with van der Waals surface area (Å²) < 4.78 is 5.10. The van der Waals surface area contributed by atoms with Crippen LogP contribution in [0.2, 0.25) is 0 Å². The Hall–Kier alpha value is -3.15. The van der Waals surface area contributed by atoms with Crippen LogP contribution in [0, 0.1) is 0 Å². The highest BCUT2D eigenvalue weighted by molar-refractivity contribution is 6.04. The lowest BCUT2D eigenvalue weighted by atomic mass is 10.1. The number of carbonyl (C=O) groups excluding carboxylic acids is 3. The highest BCUT2D eigenvalue weighted by Gasteiger charge is 2.25. The van der Waals surface area contributed by atoms with Gasteiger partial charge in [-0.25, -0.2) is 4.79 Å². The molecule has 2 aromatic rings. The number of rotatable bonds is 8. The molecular weight excluding hydrogens is 368 g/mol. The lowest BCUT2D eigenvalue weighted by Gasteiger charge is -2.30. The van der Waals surface area contributed by atoms with Crippen LogP contribution in [0.25, 0.3) is 0 Å². The number of carbonyl (C=O) groups is 3. The molecule has 0 radical (unpaired) electrons. The van der Waals surface area contributed by atoms with E-state index in [2.05, 4.69) is 0 Å². The van der Waals surface area contributed by atoms with Gasteiger partial charge in [-0.05, 0) is 38.5 Å². The fourth-order valence-corrected chi connectivity index (χ4v) is 3.02. The van der Waals surface area contributed by atoms with Crippen LogP contribution in [0.15, 0.2) is 54.6 Å². The minimum Gasteiger partial charge on any atom is -0.462 e.